The van der Waals surface area contributed by atoms with Crippen LogP contribution >= 0.6 is 0 Å². The van der Waals surface area contributed by atoms with Crippen molar-refractivity contribution in [1.29, 1.82) is 0 Å². The summed E-state index contributed by atoms with van der Waals surface area (Å²) in [5, 5.41) is 10.3. The van der Waals surface area contributed by atoms with Crippen molar-refractivity contribution in [1.82, 2.24) is 0 Å². The van der Waals surface area contributed by atoms with Crippen LogP contribution in [0.3, 0.4) is 0 Å². The Morgan fingerprint density at radius 1 is 1.12 bits per heavy atom. The molecule has 1 heteroatoms. The van der Waals surface area contributed by atoms with Gasteiger partial charge in [-0.1, -0.05) is 62.9 Å². The fraction of sp³-hybridized carbons (Fsp3) is 0.625. The third-order valence-corrected chi connectivity index (χ3v) is 3.56. The molecule has 1 rings (SSSR count). The highest BCUT2D eigenvalue weighted by atomic mass is 16.3. The van der Waals surface area contributed by atoms with Crippen molar-refractivity contribution in [3.63, 3.8) is 0 Å². The van der Waals surface area contributed by atoms with Crippen LogP contribution in [-0.4, -0.2) is 11.2 Å². The Labute approximate surface area is 106 Å². The number of aryl methyl sites for hydroxylation is 1. The SMILES string of the molecule is CCCCC(CC)C(O)Cc1ccc(C)cc1. The average molecular weight is 234 g/mol. The highest BCUT2D eigenvalue weighted by Gasteiger charge is 2.17. The van der Waals surface area contributed by atoms with Gasteiger partial charge in [0.2, 0.25) is 0 Å². The van der Waals surface area contributed by atoms with Crippen molar-refractivity contribution in [3.8, 4) is 0 Å². The standard InChI is InChI=1S/C16H26O/c1-4-6-7-15(5-2)16(17)12-14-10-8-13(3)9-11-14/h8-11,15-17H,4-7,12H2,1-3H3. The van der Waals surface area contributed by atoms with Gasteiger partial charge in [0.25, 0.3) is 0 Å². The Bertz CT molecular complexity index is 302. The van der Waals surface area contributed by atoms with E-state index in [1.54, 1.807) is 0 Å². The number of aliphatic hydroxyl groups excluding tert-OH is 1. The fourth-order valence-corrected chi connectivity index (χ4v) is 2.27. The van der Waals surface area contributed by atoms with Crippen molar-refractivity contribution >= 4 is 0 Å². The van der Waals surface area contributed by atoms with Gasteiger partial charge in [0.1, 0.15) is 0 Å². The third kappa shape index (κ3) is 4.91. The second kappa shape index (κ2) is 7.50. The lowest BCUT2D eigenvalue weighted by Gasteiger charge is -2.21. The molecule has 0 aliphatic rings. The summed E-state index contributed by atoms with van der Waals surface area (Å²) < 4.78 is 0. The van der Waals surface area contributed by atoms with Crippen LogP contribution < -0.4 is 0 Å². The zero-order valence-electron chi connectivity index (χ0n) is 11.4. The van der Waals surface area contributed by atoms with Crippen LogP contribution in [0.2, 0.25) is 0 Å². The Morgan fingerprint density at radius 3 is 2.29 bits per heavy atom. The summed E-state index contributed by atoms with van der Waals surface area (Å²) in [6, 6.07) is 8.50. The number of unbranched alkanes of at least 4 members (excludes halogenated alkanes) is 1. The normalized spacial score (nSPS) is 14.6. The average Bonchev–Trinajstić information content (AvgIpc) is 2.33. The summed E-state index contributed by atoms with van der Waals surface area (Å²) in [7, 11) is 0. The van der Waals surface area contributed by atoms with Crippen molar-refractivity contribution in [2.45, 2.75) is 59.0 Å². The van der Waals surface area contributed by atoms with Gasteiger partial charge in [0.15, 0.2) is 0 Å². The molecule has 0 spiro atoms. The van der Waals surface area contributed by atoms with Crippen molar-refractivity contribution in [2.75, 3.05) is 0 Å². The number of rotatable bonds is 7. The maximum absolute atomic E-state index is 10.3. The topological polar surface area (TPSA) is 20.2 Å². The summed E-state index contributed by atoms with van der Waals surface area (Å²) >= 11 is 0. The molecular formula is C16H26O. The maximum Gasteiger partial charge on any atom is 0.0608 e. The van der Waals surface area contributed by atoms with Gasteiger partial charge in [-0.15, -0.1) is 0 Å². The molecule has 0 aliphatic carbocycles. The number of hydrogen-bond donors (Lipinski definition) is 1. The fourth-order valence-electron chi connectivity index (χ4n) is 2.27. The second-order valence-electron chi connectivity index (χ2n) is 5.07. The van der Waals surface area contributed by atoms with E-state index < -0.39 is 0 Å². The molecule has 1 N–H and O–H groups in total. The minimum atomic E-state index is -0.186. The Morgan fingerprint density at radius 2 is 1.76 bits per heavy atom. The van der Waals surface area contributed by atoms with Crippen LogP contribution in [-0.2, 0) is 6.42 Å². The Kier molecular flexibility index (Phi) is 6.28. The quantitative estimate of drug-likeness (QED) is 0.752. The number of aliphatic hydroxyl groups is 1. The minimum absolute atomic E-state index is 0.186. The van der Waals surface area contributed by atoms with E-state index in [1.807, 2.05) is 0 Å². The second-order valence-corrected chi connectivity index (χ2v) is 5.07. The van der Waals surface area contributed by atoms with Gasteiger partial charge in [-0.3, -0.25) is 0 Å². The molecule has 0 heterocycles. The van der Waals surface area contributed by atoms with Crippen LogP contribution in [0.25, 0.3) is 0 Å². The maximum atomic E-state index is 10.3. The first-order valence-corrected chi connectivity index (χ1v) is 6.91. The zero-order valence-corrected chi connectivity index (χ0v) is 11.4. The molecule has 0 fully saturated rings. The van der Waals surface area contributed by atoms with Gasteiger partial charge < -0.3 is 5.11 Å². The smallest absolute Gasteiger partial charge is 0.0608 e. The molecule has 2 unspecified atom stereocenters. The van der Waals surface area contributed by atoms with E-state index in [2.05, 4.69) is 45.0 Å². The molecule has 1 aromatic rings. The van der Waals surface area contributed by atoms with Crippen LogP contribution in [0.15, 0.2) is 24.3 Å². The van der Waals surface area contributed by atoms with Crippen LogP contribution in [0.5, 0.6) is 0 Å². The van der Waals surface area contributed by atoms with E-state index >= 15 is 0 Å². The van der Waals surface area contributed by atoms with Crippen LogP contribution in [0.4, 0.5) is 0 Å². The Hall–Kier alpha value is -0.820. The van der Waals surface area contributed by atoms with E-state index in [9.17, 15) is 5.11 Å². The first kappa shape index (κ1) is 14.2. The van der Waals surface area contributed by atoms with Crippen LogP contribution in [0.1, 0.15) is 50.7 Å². The summed E-state index contributed by atoms with van der Waals surface area (Å²) in [6.07, 6.45) is 5.28. The lowest BCUT2D eigenvalue weighted by Crippen LogP contribution is -2.22. The van der Waals surface area contributed by atoms with Crippen molar-refractivity contribution in [3.05, 3.63) is 35.4 Å². The van der Waals surface area contributed by atoms with Gasteiger partial charge in [-0.25, -0.2) is 0 Å². The largest absolute Gasteiger partial charge is 0.392 e. The highest BCUT2D eigenvalue weighted by Crippen LogP contribution is 2.20. The molecule has 0 radical (unpaired) electrons. The summed E-state index contributed by atoms with van der Waals surface area (Å²) in [6.45, 7) is 6.48. The molecule has 0 bridgehead atoms. The van der Waals surface area contributed by atoms with Gasteiger partial charge in [-0.2, -0.15) is 0 Å². The predicted octanol–water partition coefficient (Wildman–Crippen LogP) is 4.11. The molecule has 1 aromatic carbocycles. The predicted molar refractivity (Wildman–Crippen MR) is 74.2 cm³/mol. The Balaban J connectivity index is 2.51. The molecular weight excluding hydrogens is 208 g/mol. The molecule has 0 aliphatic heterocycles. The van der Waals surface area contributed by atoms with E-state index in [4.69, 9.17) is 0 Å². The molecule has 2 atom stereocenters. The summed E-state index contributed by atoms with van der Waals surface area (Å²) in [5.41, 5.74) is 2.53. The summed E-state index contributed by atoms with van der Waals surface area (Å²) in [4.78, 5) is 0. The third-order valence-electron chi connectivity index (χ3n) is 3.56. The van der Waals surface area contributed by atoms with E-state index in [0.29, 0.717) is 5.92 Å². The van der Waals surface area contributed by atoms with Crippen LogP contribution in [0, 0.1) is 12.8 Å². The monoisotopic (exact) mass is 234 g/mol. The van der Waals surface area contributed by atoms with Crippen molar-refractivity contribution in [2.24, 2.45) is 5.92 Å². The molecule has 0 amide bonds. The minimum Gasteiger partial charge on any atom is -0.392 e. The lowest BCUT2D eigenvalue weighted by molar-refractivity contribution is 0.0987. The number of benzene rings is 1. The summed E-state index contributed by atoms with van der Waals surface area (Å²) in [5.74, 6) is 0.455. The molecule has 96 valence electrons. The molecule has 0 saturated carbocycles. The molecule has 17 heavy (non-hydrogen) atoms. The highest BCUT2D eigenvalue weighted by molar-refractivity contribution is 5.21. The van der Waals surface area contributed by atoms with Gasteiger partial charge >= 0.3 is 0 Å². The number of hydrogen-bond acceptors (Lipinski definition) is 1. The van der Waals surface area contributed by atoms with Gasteiger partial charge in [0, 0.05) is 0 Å². The molecule has 1 nitrogen and oxygen atoms in total. The molecule has 0 saturated heterocycles. The van der Waals surface area contributed by atoms with E-state index in [-0.39, 0.29) is 6.10 Å². The van der Waals surface area contributed by atoms with Gasteiger partial charge in [-0.05, 0) is 31.2 Å². The lowest BCUT2D eigenvalue weighted by atomic mass is 9.89. The zero-order chi connectivity index (χ0) is 12.7. The molecule has 0 aromatic heterocycles. The van der Waals surface area contributed by atoms with E-state index in [0.717, 1.165) is 19.3 Å². The van der Waals surface area contributed by atoms with E-state index in [1.165, 1.54) is 24.0 Å². The van der Waals surface area contributed by atoms with Crippen molar-refractivity contribution < 1.29 is 5.11 Å². The first-order chi connectivity index (χ1) is 8.17. The van der Waals surface area contributed by atoms with Gasteiger partial charge in [0.05, 0.1) is 6.10 Å². The first-order valence-electron chi connectivity index (χ1n) is 6.91.